The Labute approximate surface area is 143 Å². The van der Waals surface area contributed by atoms with Gasteiger partial charge in [-0.2, -0.15) is 5.10 Å². The van der Waals surface area contributed by atoms with Crippen LogP contribution in [0.2, 0.25) is 0 Å². The quantitative estimate of drug-likeness (QED) is 0.658. The fourth-order valence-electron chi connectivity index (χ4n) is 2.75. The van der Waals surface area contributed by atoms with E-state index < -0.39 is 0 Å². The minimum atomic E-state index is -0.207. The lowest BCUT2D eigenvalue weighted by atomic mass is 10.2. The van der Waals surface area contributed by atoms with Gasteiger partial charge in [-0.25, -0.2) is 4.39 Å². The highest BCUT2D eigenvalue weighted by Gasteiger charge is 2.15. The van der Waals surface area contributed by atoms with Gasteiger partial charge in [0.1, 0.15) is 11.5 Å². The highest BCUT2D eigenvalue weighted by molar-refractivity contribution is 7.13. The van der Waals surface area contributed by atoms with Crippen molar-refractivity contribution in [2.75, 3.05) is 0 Å². The van der Waals surface area contributed by atoms with Crippen LogP contribution in [0.3, 0.4) is 0 Å². The van der Waals surface area contributed by atoms with E-state index in [9.17, 15) is 4.39 Å². The molecule has 24 heavy (non-hydrogen) atoms. The molecule has 0 saturated carbocycles. The highest BCUT2D eigenvalue weighted by Crippen LogP contribution is 2.29. The highest BCUT2D eigenvalue weighted by atomic mass is 32.1. The Morgan fingerprint density at radius 1 is 1.12 bits per heavy atom. The van der Waals surface area contributed by atoms with Gasteiger partial charge >= 0.3 is 0 Å². The van der Waals surface area contributed by atoms with E-state index in [2.05, 4.69) is 17.1 Å². The molecule has 1 aliphatic rings. The maximum absolute atomic E-state index is 14.0. The zero-order valence-electron chi connectivity index (χ0n) is 13.0. The van der Waals surface area contributed by atoms with Crippen molar-refractivity contribution in [2.45, 2.75) is 19.4 Å². The van der Waals surface area contributed by atoms with Crippen molar-refractivity contribution in [2.24, 2.45) is 4.99 Å². The molecule has 0 bridgehead atoms. The van der Waals surface area contributed by atoms with Crippen LogP contribution in [0, 0.1) is 5.82 Å². The van der Waals surface area contributed by atoms with Crippen LogP contribution in [0.4, 0.5) is 4.39 Å². The Bertz CT molecular complexity index is 907. The molecule has 0 saturated heterocycles. The molecule has 0 spiro atoms. The number of allylic oxidation sites excluding steroid dienone is 1. The van der Waals surface area contributed by atoms with Crippen molar-refractivity contribution in [3.05, 3.63) is 71.0 Å². The van der Waals surface area contributed by atoms with Crippen LogP contribution >= 0.6 is 11.3 Å². The second-order valence-electron chi connectivity index (χ2n) is 5.62. The van der Waals surface area contributed by atoms with E-state index in [1.54, 1.807) is 23.5 Å². The van der Waals surface area contributed by atoms with Crippen molar-refractivity contribution in [3.63, 3.8) is 0 Å². The molecular weight excluding hydrogens is 321 g/mol. The largest absolute Gasteiger partial charge is 0.259 e. The molecule has 1 aromatic carbocycles. The Morgan fingerprint density at radius 3 is 2.79 bits per heavy atom. The third kappa shape index (κ3) is 2.95. The smallest absolute Gasteiger partial charge is 0.128 e. The maximum atomic E-state index is 14.0. The molecule has 0 unspecified atom stereocenters. The maximum Gasteiger partial charge on any atom is 0.128 e. The van der Waals surface area contributed by atoms with Gasteiger partial charge in [0, 0.05) is 11.8 Å². The molecule has 4 rings (SSSR count). The van der Waals surface area contributed by atoms with Crippen molar-refractivity contribution >= 4 is 23.2 Å². The van der Waals surface area contributed by atoms with E-state index in [1.165, 1.54) is 6.07 Å². The summed E-state index contributed by atoms with van der Waals surface area (Å²) in [5, 5.41) is 6.74. The summed E-state index contributed by atoms with van der Waals surface area (Å²) in [6.45, 7) is 0.400. The lowest BCUT2D eigenvalue weighted by Gasteiger charge is -2.07. The van der Waals surface area contributed by atoms with Gasteiger partial charge in [-0.1, -0.05) is 30.3 Å². The predicted octanol–water partition coefficient (Wildman–Crippen LogP) is 5.00. The zero-order chi connectivity index (χ0) is 16.4. The molecule has 0 atom stereocenters. The molecule has 3 nitrogen and oxygen atoms in total. The number of hydrogen-bond acceptors (Lipinski definition) is 3. The van der Waals surface area contributed by atoms with Crippen LogP contribution in [0.25, 0.3) is 16.3 Å². The van der Waals surface area contributed by atoms with Gasteiger partial charge in [-0.3, -0.25) is 9.67 Å². The average molecular weight is 337 g/mol. The van der Waals surface area contributed by atoms with Gasteiger partial charge in [-0.15, -0.1) is 11.3 Å². The van der Waals surface area contributed by atoms with Crippen molar-refractivity contribution < 1.29 is 4.39 Å². The summed E-state index contributed by atoms with van der Waals surface area (Å²) in [6, 6.07) is 12.9. The van der Waals surface area contributed by atoms with E-state index in [0.717, 1.165) is 34.8 Å². The Hall–Kier alpha value is -2.53. The molecule has 3 aromatic rings. The first-order chi connectivity index (χ1) is 11.8. The third-order valence-corrected chi connectivity index (χ3v) is 4.85. The Morgan fingerprint density at radius 2 is 2.04 bits per heavy atom. The topological polar surface area (TPSA) is 30.2 Å². The normalized spacial score (nSPS) is 14.0. The van der Waals surface area contributed by atoms with Crippen molar-refractivity contribution in [1.29, 1.82) is 0 Å². The second kappa shape index (κ2) is 6.53. The number of aromatic nitrogens is 2. The molecule has 0 fully saturated rings. The molecule has 0 N–H and O–H groups in total. The van der Waals surface area contributed by atoms with E-state index in [0.29, 0.717) is 12.1 Å². The summed E-state index contributed by atoms with van der Waals surface area (Å²) in [5.74, 6) is -0.207. The van der Waals surface area contributed by atoms with Crippen LogP contribution in [-0.4, -0.2) is 16.0 Å². The first kappa shape index (κ1) is 15.0. The fourth-order valence-corrected chi connectivity index (χ4v) is 3.50. The minimum Gasteiger partial charge on any atom is -0.259 e. The lowest BCUT2D eigenvalue weighted by Crippen LogP contribution is -2.05. The van der Waals surface area contributed by atoms with E-state index in [4.69, 9.17) is 5.10 Å². The Balaban J connectivity index is 1.77. The van der Waals surface area contributed by atoms with Gasteiger partial charge in [0.15, 0.2) is 0 Å². The standard InChI is InChI=1S/C19H16FN3S/c20-15-7-2-1-6-14(15)13-23-18(19-9-5-11-24-19)12-17(22-23)16-8-3-4-10-21-16/h1-2,5-12H,3-4,13H2. The molecule has 3 heterocycles. The number of halogens is 1. The number of nitrogens with zero attached hydrogens (tertiary/aromatic N) is 3. The van der Waals surface area contributed by atoms with E-state index >= 15 is 0 Å². The summed E-state index contributed by atoms with van der Waals surface area (Å²) in [5.41, 5.74) is 3.35. The summed E-state index contributed by atoms with van der Waals surface area (Å²) >= 11 is 1.65. The molecule has 0 aliphatic carbocycles. The minimum absolute atomic E-state index is 0.207. The number of aliphatic imine (C=N–C) groups is 1. The number of benzene rings is 1. The predicted molar refractivity (Wildman–Crippen MR) is 96.7 cm³/mol. The molecular formula is C19H16FN3S. The van der Waals surface area contributed by atoms with Crippen molar-refractivity contribution in [1.82, 2.24) is 9.78 Å². The number of rotatable bonds is 4. The second-order valence-corrected chi connectivity index (χ2v) is 6.57. The molecule has 0 amide bonds. The average Bonchev–Trinajstić information content (AvgIpc) is 3.27. The SMILES string of the molecule is Fc1ccccc1Cn1nc(C2=CCCC=N2)cc1-c1cccs1. The van der Waals surface area contributed by atoms with Gasteiger partial charge < -0.3 is 0 Å². The summed E-state index contributed by atoms with van der Waals surface area (Å²) in [7, 11) is 0. The fraction of sp³-hybridized carbons (Fsp3) is 0.158. The van der Waals surface area contributed by atoms with Crippen LogP contribution in [0.15, 0.2) is 58.9 Å². The Kier molecular flexibility index (Phi) is 4.09. The van der Waals surface area contributed by atoms with Crippen LogP contribution < -0.4 is 0 Å². The first-order valence-electron chi connectivity index (χ1n) is 7.89. The molecule has 120 valence electrons. The van der Waals surface area contributed by atoms with Gasteiger partial charge in [0.25, 0.3) is 0 Å². The summed E-state index contributed by atoms with van der Waals surface area (Å²) in [4.78, 5) is 5.57. The third-order valence-electron chi connectivity index (χ3n) is 3.96. The van der Waals surface area contributed by atoms with Crippen molar-refractivity contribution in [3.8, 4) is 10.6 Å². The van der Waals surface area contributed by atoms with Gasteiger partial charge in [0.05, 0.1) is 22.8 Å². The molecule has 5 heteroatoms. The molecule has 0 radical (unpaired) electrons. The number of thiophene rings is 1. The first-order valence-corrected chi connectivity index (χ1v) is 8.77. The van der Waals surface area contributed by atoms with E-state index in [1.807, 2.05) is 34.5 Å². The van der Waals surface area contributed by atoms with E-state index in [-0.39, 0.29) is 5.82 Å². The molecule has 2 aromatic heterocycles. The summed E-state index contributed by atoms with van der Waals surface area (Å²) in [6.07, 6.45) is 5.98. The van der Waals surface area contributed by atoms with Gasteiger partial charge in [-0.05, 0) is 36.4 Å². The monoisotopic (exact) mass is 337 g/mol. The zero-order valence-corrected chi connectivity index (χ0v) is 13.8. The molecule has 1 aliphatic heterocycles. The number of hydrogen-bond donors (Lipinski definition) is 0. The van der Waals surface area contributed by atoms with Gasteiger partial charge in [0.2, 0.25) is 0 Å². The summed E-state index contributed by atoms with van der Waals surface area (Å²) < 4.78 is 15.9. The van der Waals surface area contributed by atoms with Crippen LogP contribution in [0.1, 0.15) is 24.1 Å². The van der Waals surface area contributed by atoms with Crippen LogP contribution in [0.5, 0.6) is 0 Å². The lowest BCUT2D eigenvalue weighted by molar-refractivity contribution is 0.586. The van der Waals surface area contributed by atoms with Crippen LogP contribution in [-0.2, 0) is 6.54 Å².